The molecule has 2 aromatic heterocycles. The summed E-state index contributed by atoms with van der Waals surface area (Å²) in [5.41, 5.74) is 1.39. The molecule has 0 saturated carbocycles. The SMILES string of the molecule is CC(=O)C(c1cccs1)c1ccc(C2=CC=CCC2)s1. The summed E-state index contributed by atoms with van der Waals surface area (Å²) in [5.74, 6) is 0.131. The Hall–Kier alpha value is -1.45. The number of carbonyl (C=O) groups is 1. The van der Waals surface area contributed by atoms with Crippen molar-refractivity contribution in [3.05, 3.63) is 62.5 Å². The van der Waals surface area contributed by atoms with E-state index in [2.05, 4.69) is 36.4 Å². The van der Waals surface area contributed by atoms with Crippen molar-refractivity contribution in [1.29, 1.82) is 0 Å². The van der Waals surface area contributed by atoms with Crippen LogP contribution in [0.3, 0.4) is 0 Å². The topological polar surface area (TPSA) is 17.1 Å². The summed E-state index contributed by atoms with van der Waals surface area (Å²) in [5, 5.41) is 2.04. The lowest BCUT2D eigenvalue weighted by molar-refractivity contribution is -0.117. The number of rotatable bonds is 4. The first-order valence-electron chi connectivity index (χ1n) is 6.75. The van der Waals surface area contributed by atoms with E-state index in [4.69, 9.17) is 0 Å². The average molecular weight is 300 g/mol. The fourth-order valence-corrected chi connectivity index (χ4v) is 4.70. The van der Waals surface area contributed by atoms with Gasteiger partial charge in [-0.1, -0.05) is 24.3 Å². The minimum Gasteiger partial charge on any atom is -0.299 e. The second-order valence-electron chi connectivity index (χ2n) is 4.92. The quantitative estimate of drug-likeness (QED) is 0.752. The molecule has 0 N–H and O–H groups in total. The van der Waals surface area contributed by atoms with E-state index in [1.54, 1.807) is 29.6 Å². The summed E-state index contributed by atoms with van der Waals surface area (Å²) in [6.07, 6.45) is 8.72. The van der Waals surface area contributed by atoms with E-state index in [0.29, 0.717) is 0 Å². The molecule has 1 aliphatic rings. The van der Waals surface area contributed by atoms with Crippen LogP contribution in [0.4, 0.5) is 0 Å². The molecular formula is C17H16OS2. The highest BCUT2D eigenvalue weighted by atomic mass is 32.1. The first-order valence-corrected chi connectivity index (χ1v) is 8.45. The van der Waals surface area contributed by atoms with Gasteiger partial charge in [-0.3, -0.25) is 4.79 Å². The van der Waals surface area contributed by atoms with E-state index in [9.17, 15) is 4.79 Å². The van der Waals surface area contributed by atoms with Gasteiger partial charge in [-0.25, -0.2) is 0 Å². The van der Waals surface area contributed by atoms with Crippen LogP contribution in [0.2, 0.25) is 0 Å². The maximum absolute atomic E-state index is 12.0. The molecule has 0 amide bonds. The first-order chi connectivity index (χ1) is 9.75. The minimum atomic E-state index is -0.0894. The van der Waals surface area contributed by atoms with E-state index in [-0.39, 0.29) is 11.7 Å². The summed E-state index contributed by atoms with van der Waals surface area (Å²) >= 11 is 3.42. The maximum atomic E-state index is 12.0. The molecule has 0 aromatic carbocycles. The second kappa shape index (κ2) is 5.90. The van der Waals surface area contributed by atoms with Crippen molar-refractivity contribution in [2.24, 2.45) is 0 Å². The van der Waals surface area contributed by atoms with E-state index in [1.165, 1.54) is 10.5 Å². The van der Waals surface area contributed by atoms with Crippen LogP contribution in [-0.2, 0) is 4.79 Å². The number of Topliss-reactive ketones (excluding diaryl/α,β-unsaturated/α-hetero) is 1. The molecule has 2 aromatic rings. The third-order valence-electron chi connectivity index (χ3n) is 3.48. The molecule has 1 nitrogen and oxygen atoms in total. The monoisotopic (exact) mass is 300 g/mol. The number of hydrogen-bond donors (Lipinski definition) is 0. The van der Waals surface area contributed by atoms with Crippen molar-refractivity contribution in [2.45, 2.75) is 25.7 Å². The van der Waals surface area contributed by atoms with Crippen molar-refractivity contribution in [3.63, 3.8) is 0 Å². The molecule has 1 aliphatic carbocycles. The third-order valence-corrected chi connectivity index (χ3v) is 5.64. The zero-order valence-electron chi connectivity index (χ0n) is 11.3. The molecule has 0 spiro atoms. The Morgan fingerprint density at radius 2 is 2.15 bits per heavy atom. The van der Waals surface area contributed by atoms with Gasteiger partial charge >= 0.3 is 0 Å². The molecule has 1 atom stereocenters. The van der Waals surface area contributed by atoms with E-state index >= 15 is 0 Å². The molecule has 0 fully saturated rings. The highest BCUT2D eigenvalue weighted by Gasteiger charge is 2.22. The highest BCUT2D eigenvalue weighted by molar-refractivity contribution is 7.14. The van der Waals surface area contributed by atoms with Crippen molar-refractivity contribution >= 4 is 34.0 Å². The lowest BCUT2D eigenvalue weighted by Crippen LogP contribution is -2.06. The normalized spacial score (nSPS) is 15.9. The molecule has 3 rings (SSSR count). The standard InChI is InChI=1S/C17H16OS2/c1-12(18)17(15-8-5-11-19-15)16-10-9-14(20-16)13-6-3-2-4-7-13/h2-3,5-6,8-11,17H,4,7H2,1H3. The first kappa shape index (κ1) is 13.5. The second-order valence-corrected chi connectivity index (χ2v) is 7.01. The number of allylic oxidation sites excluding steroid dienone is 4. The van der Waals surface area contributed by atoms with Crippen molar-refractivity contribution in [1.82, 2.24) is 0 Å². The molecule has 0 aliphatic heterocycles. The number of hydrogen-bond acceptors (Lipinski definition) is 3. The van der Waals surface area contributed by atoms with Gasteiger partial charge in [-0.05, 0) is 48.9 Å². The van der Waals surface area contributed by atoms with E-state index in [0.717, 1.165) is 22.6 Å². The smallest absolute Gasteiger partial charge is 0.143 e. The Balaban J connectivity index is 1.93. The van der Waals surface area contributed by atoms with Crippen LogP contribution >= 0.6 is 22.7 Å². The zero-order valence-corrected chi connectivity index (χ0v) is 13.0. The Kier molecular flexibility index (Phi) is 3.99. The fraction of sp³-hybridized carbons (Fsp3) is 0.235. The van der Waals surface area contributed by atoms with Crippen LogP contribution in [-0.4, -0.2) is 5.78 Å². The lowest BCUT2D eigenvalue weighted by atomic mass is 10.0. The number of thiophene rings is 2. The summed E-state index contributed by atoms with van der Waals surface area (Å²) in [4.78, 5) is 15.6. The van der Waals surface area contributed by atoms with Crippen LogP contribution in [0.25, 0.3) is 5.57 Å². The van der Waals surface area contributed by atoms with Gasteiger partial charge in [0.15, 0.2) is 0 Å². The van der Waals surface area contributed by atoms with Crippen LogP contribution in [0.5, 0.6) is 0 Å². The van der Waals surface area contributed by atoms with Crippen LogP contribution in [0.1, 0.15) is 40.3 Å². The Morgan fingerprint density at radius 3 is 2.80 bits per heavy atom. The molecule has 102 valence electrons. The van der Waals surface area contributed by atoms with Crippen LogP contribution in [0, 0.1) is 0 Å². The zero-order chi connectivity index (χ0) is 13.9. The van der Waals surface area contributed by atoms with Gasteiger partial charge < -0.3 is 0 Å². The summed E-state index contributed by atoms with van der Waals surface area (Å²) in [7, 11) is 0. The van der Waals surface area contributed by atoms with Crippen molar-refractivity contribution < 1.29 is 4.79 Å². The van der Waals surface area contributed by atoms with E-state index < -0.39 is 0 Å². The molecular weight excluding hydrogens is 284 g/mol. The Morgan fingerprint density at radius 1 is 1.25 bits per heavy atom. The molecule has 2 heterocycles. The molecule has 20 heavy (non-hydrogen) atoms. The summed E-state index contributed by atoms with van der Waals surface area (Å²) in [6.45, 7) is 1.69. The minimum absolute atomic E-state index is 0.0894. The molecule has 0 radical (unpaired) electrons. The lowest BCUT2D eigenvalue weighted by Gasteiger charge is -2.10. The maximum Gasteiger partial charge on any atom is 0.143 e. The predicted octanol–water partition coefficient (Wildman–Crippen LogP) is 5.26. The fourth-order valence-electron chi connectivity index (χ4n) is 2.48. The predicted molar refractivity (Wildman–Crippen MR) is 87.5 cm³/mol. The van der Waals surface area contributed by atoms with Gasteiger partial charge in [0.1, 0.15) is 5.78 Å². The van der Waals surface area contributed by atoms with Crippen molar-refractivity contribution in [2.75, 3.05) is 0 Å². The molecule has 3 heteroatoms. The van der Waals surface area contributed by atoms with Gasteiger partial charge in [-0.2, -0.15) is 0 Å². The van der Waals surface area contributed by atoms with E-state index in [1.807, 2.05) is 11.4 Å². The van der Waals surface area contributed by atoms with Crippen molar-refractivity contribution in [3.8, 4) is 0 Å². The van der Waals surface area contributed by atoms with Crippen LogP contribution < -0.4 is 0 Å². The van der Waals surface area contributed by atoms with Crippen LogP contribution in [0.15, 0.2) is 47.9 Å². The highest BCUT2D eigenvalue weighted by Crippen LogP contribution is 2.37. The largest absolute Gasteiger partial charge is 0.299 e. The van der Waals surface area contributed by atoms with Gasteiger partial charge in [-0.15, -0.1) is 22.7 Å². The Labute approximate surface area is 127 Å². The molecule has 1 unspecified atom stereocenters. The summed E-state index contributed by atoms with van der Waals surface area (Å²) in [6, 6.07) is 8.34. The van der Waals surface area contributed by atoms with Gasteiger partial charge in [0.25, 0.3) is 0 Å². The molecule has 0 bridgehead atoms. The summed E-state index contributed by atoms with van der Waals surface area (Å²) < 4.78 is 0. The van der Waals surface area contributed by atoms with Gasteiger partial charge in [0.05, 0.1) is 5.92 Å². The average Bonchev–Trinajstić information content (AvgIpc) is 3.12. The van der Waals surface area contributed by atoms with Gasteiger partial charge in [0, 0.05) is 14.6 Å². The molecule has 0 saturated heterocycles. The third kappa shape index (κ3) is 2.69. The number of carbonyl (C=O) groups excluding carboxylic acids is 1. The Bertz CT molecular complexity index is 659. The van der Waals surface area contributed by atoms with Gasteiger partial charge in [0.2, 0.25) is 0 Å². The number of ketones is 1.